The maximum atomic E-state index is 12.1. The highest BCUT2D eigenvalue weighted by molar-refractivity contribution is 5.81. The lowest BCUT2D eigenvalue weighted by Gasteiger charge is -2.42. The lowest BCUT2D eigenvalue weighted by Crippen LogP contribution is -2.56. The first-order valence-electron chi connectivity index (χ1n) is 7.34. The summed E-state index contributed by atoms with van der Waals surface area (Å²) in [4.78, 5) is 14.4. The van der Waals surface area contributed by atoms with Gasteiger partial charge in [-0.1, -0.05) is 6.92 Å². The van der Waals surface area contributed by atoms with Crippen LogP contribution in [0.4, 0.5) is 0 Å². The van der Waals surface area contributed by atoms with Gasteiger partial charge in [0.15, 0.2) is 0 Å². The molecule has 1 rings (SSSR count). The van der Waals surface area contributed by atoms with Gasteiger partial charge >= 0.3 is 0 Å². The van der Waals surface area contributed by atoms with Crippen LogP contribution in [-0.2, 0) is 9.53 Å². The van der Waals surface area contributed by atoms with Crippen molar-refractivity contribution in [2.75, 3.05) is 33.4 Å². The van der Waals surface area contributed by atoms with Crippen LogP contribution in [-0.4, -0.2) is 56.2 Å². The molecule has 3 N–H and O–H groups in total. The molecule has 1 saturated heterocycles. The SMILES string of the molecule is COCCCNC(=O)C(C)N1CCCC(C)C1CN. The van der Waals surface area contributed by atoms with E-state index < -0.39 is 0 Å². The van der Waals surface area contributed by atoms with Gasteiger partial charge in [-0.3, -0.25) is 9.69 Å². The number of methoxy groups -OCH3 is 1. The van der Waals surface area contributed by atoms with Crippen LogP contribution in [0.1, 0.15) is 33.1 Å². The van der Waals surface area contributed by atoms with Crippen LogP contribution >= 0.6 is 0 Å². The molecule has 3 unspecified atom stereocenters. The zero-order chi connectivity index (χ0) is 14.3. The van der Waals surface area contributed by atoms with Gasteiger partial charge in [-0.2, -0.15) is 0 Å². The Kier molecular flexibility index (Phi) is 7.34. The Morgan fingerprint density at radius 1 is 1.58 bits per heavy atom. The highest BCUT2D eigenvalue weighted by Crippen LogP contribution is 2.24. The molecule has 19 heavy (non-hydrogen) atoms. The number of rotatable bonds is 7. The van der Waals surface area contributed by atoms with Crippen LogP contribution in [0.2, 0.25) is 0 Å². The molecule has 0 radical (unpaired) electrons. The molecule has 0 aliphatic carbocycles. The van der Waals surface area contributed by atoms with E-state index in [2.05, 4.69) is 17.1 Å². The smallest absolute Gasteiger partial charge is 0.237 e. The molecule has 5 heteroatoms. The third kappa shape index (κ3) is 4.75. The van der Waals surface area contributed by atoms with E-state index in [4.69, 9.17) is 10.5 Å². The summed E-state index contributed by atoms with van der Waals surface area (Å²) < 4.78 is 4.97. The lowest BCUT2D eigenvalue weighted by molar-refractivity contribution is -0.127. The summed E-state index contributed by atoms with van der Waals surface area (Å²) in [6, 6.07) is 0.229. The monoisotopic (exact) mass is 271 g/mol. The standard InChI is InChI=1S/C14H29N3O2/c1-11-6-4-8-17(13(11)10-15)12(2)14(18)16-7-5-9-19-3/h11-13H,4-10,15H2,1-3H3,(H,16,18). The molecular formula is C14H29N3O2. The zero-order valence-electron chi connectivity index (χ0n) is 12.5. The molecule has 1 fully saturated rings. The zero-order valence-corrected chi connectivity index (χ0v) is 12.5. The molecule has 0 saturated carbocycles. The van der Waals surface area contributed by atoms with E-state index in [0.29, 0.717) is 31.7 Å². The van der Waals surface area contributed by atoms with Crippen LogP contribution < -0.4 is 11.1 Å². The number of nitrogens with two attached hydrogens (primary N) is 1. The summed E-state index contributed by atoms with van der Waals surface area (Å²) in [5.41, 5.74) is 5.87. The minimum atomic E-state index is -0.0983. The Morgan fingerprint density at radius 2 is 2.32 bits per heavy atom. The first-order chi connectivity index (χ1) is 9.11. The maximum Gasteiger partial charge on any atom is 0.237 e. The third-order valence-electron chi connectivity index (χ3n) is 4.10. The van der Waals surface area contributed by atoms with Crippen molar-refractivity contribution in [3.63, 3.8) is 0 Å². The highest BCUT2D eigenvalue weighted by Gasteiger charge is 2.33. The molecule has 0 bridgehead atoms. The van der Waals surface area contributed by atoms with E-state index in [1.54, 1.807) is 7.11 Å². The van der Waals surface area contributed by atoms with Gasteiger partial charge in [-0.25, -0.2) is 0 Å². The van der Waals surface area contributed by atoms with Crippen molar-refractivity contribution in [3.05, 3.63) is 0 Å². The quantitative estimate of drug-likeness (QED) is 0.665. The van der Waals surface area contributed by atoms with Crippen LogP contribution in [0.5, 0.6) is 0 Å². The van der Waals surface area contributed by atoms with Crippen molar-refractivity contribution in [1.29, 1.82) is 0 Å². The van der Waals surface area contributed by atoms with Gasteiger partial charge in [0.2, 0.25) is 5.91 Å². The van der Waals surface area contributed by atoms with Crippen molar-refractivity contribution in [1.82, 2.24) is 10.2 Å². The number of carbonyl (C=O) groups excluding carboxylic acids is 1. The second kappa shape index (κ2) is 8.51. The molecule has 1 heterocycles. The first kappa shape index (κ1) is 16.4. The Labute approximate surface area is 116 Å². The van der Waals surface area contributed by atoms with Crippen LogP contribution in [0.15, 0.2) is 0 Å². The van der Waals surface area contributed by atoms with Crippen LogP contribution in [0, 0.1) is 5.92 Å². The molecule has 0 aromatic rings. The number of hydrogen-bond donors (Lipinski definition) is 2. The molecule has 0 aromatic heterocycles. The Morgan fingerprint density at radius 3 is 2.95 bits per heavy atom. The van der Waals surface area contributed by atoms with Gasteiger partial charge in [0.1, 0.15) is 0 Å². The summed E-state index contributed by atoms with van der Waals surface area (Å²) in [5.74, 6) is 0.672. The number of carbonyl (C=O) groups is 1. The van der Waals surface area contributed by atoms with Crippen LogP contribution in [0.25, 0.3) is 0 Å². The highest BCUT2D eigenvalue weighted by atomic mass is 16.5. The summed E-state index contributed by atoms with van der Waals surface area (Å²) in [5, 5.41) is 2.97. The van der Waals surface area contributed by atoms with Gasteiger partial charge in [0.25, 0.3) is 0 Å². The lowest BCUT2D eigenvalue weighted by atomic mass is 9.89. The van der Waals surface area contributed by atoms with E-state index in [-0.39, 0.29) is 11.9 Å². The fourth-order valence-corrected chi connectivity index (χ4v) is 2.86. The normalized spacial score (nSPS) is 26.1. The van der Waals surface area contributed by atoms with Gasteiger partial charge < -0.3 is 15.8 Å². The van der Waals surface area contributed by atoms with E-state index in [9.17, 15) is 4.79 Å². The molecule has 1 amide bonds. The van der Waals surface area contributed by atoms with Crippen molar-refractivity contribution >= 4 is 5.91 Å². The summed E-state index contributed by atoms with van der Waals surface area (Å²) >= 11 is 0. The minimum Gasteiger partial charge on any atom is -0.385 e. The van der Waals surface area contributed by atoms with Crippen molar-refractivity contribution in [3.8, 4) is 0 Å². The van der Waals surface area contributed by atoms with Crippen LogP contribution in [0.3, 0.4) is 0 Å². The first-order valence-corrected chi connectivity index (χ1v) is 7.34. The summed E-state index contributed by atoms with van der Waals surface area (Å²) in [6.45, 7) is 7.16. The van der Waals surface area contributed by atoms with E-state index in [1.807, 2.05) is 6.92 Å². The van der Waals surface area contributed by atoms with Gasteiger partial charge in [0, 0.05) is 32.8 Å². The largest absolute Gasteiger partial charge is 0.385 e. The fourth-order valence-electron chi connectivity index (χ4n) is 2.86. The molecule has 1 aliphatic rings. The number of ether oxygens (including phenoxy) is 1. The second-order valence-corrected chi connectivity index (χ2v) is 5.47. The van der Waals surface area contributed by atoms with Gasteiger partial charge in [0.05, 0.1) is 6.04 Å². The predicted molar refractivity (Wildman–Crippen MR) is 76.9 cm³/mol. The number of nitrogens with zero attached hydrogens (tertiary/aromatic N) is 1. The van der Waals surface area contributed by atoms with Gasteiger partial charge in [-0.05, 0) is 38.6 Å². The topological polar surface area (TPSA) is 67.6 Å². The Balaban J connectivity index is 2.45. The van der Waals surface area contributed by atoms with Crippen molar-refractivity contribution < 1.29 is 9.53 Å². The second-order valence-electron chi connectivity index (χ2n) is 5.47. The Bertz CT molecular complexity index is 273. The molecule has 112 valence electrons. The molecule has 0 aromatic carbocycles. The number of piperidine rings is 1. The number of likely N-dealkylation sites (tertiary alicyclic amines) is 1. The number of amides is 1. The summed E-state index contributed by atoms with van der Waals surface area (Å²) in [7, 11) is 1.67. The Hall–Kier alpha value is -0.650. The maximum absolute atomic E-state index is 12.1. The summed E-state index contributed by atoms with van der Waals surface area (Å²) in [6.07, 6.45) is 3.21. The predicted octanol–water partition coefficient (Wildman–Crippen LogP) is 0.587. The number of hydrogen-bond acceptors (Lipinski definition) is 4. The van der Waals surface area contributed by atoms with E-state index in [1.165, 1.54) is 6.42 Å². The van der Waals surface area contributed by atoms with Gasteiger partial charge in [-0.15, -0.1) is 0 Å². The van der Waals surface area contributed by atoms with Crippen molar-refractivity contribution in [2.24, 2.45) is 11.7 Å². The number of nitrogens with one attached hydrogen (secondary N) is 1. The van der Waals surface area contributed by atoms with E-state index >= 15 is 0 Å². The average molecular weight is 271 g/mol. The average Bonchev–Trinajstić information content (AvgIpc) is 2.42. The van der Waals surface area contributed by atoms with Crippen molar-refractivity contribution in [2.45, 2.75) is 45.2 Å². The van der Waals surface area contributed by atoms with E-state index in [0.717, 1.165) is 19.4 Å². The fraction of sp³-hybridized carbons (Fsp3) is 0.929. The molecule has 3 atom stereocenters. The minimum absolute atomic E-state index is 0.0983. The molecule has 1 aliphatic heterocycles. The molecule has 0 spiro atoms. The molecular weight excluding hydrogens is 242 g/mol. The molecule has 5 nitrogen and oxygen atoms in total. The third-order valence-corrected chi connectivity index (χ3v) is 4.10.